The molecular weight excluding hydrogens is 180 g/mol. The number of benzene rings is 1. The molecule has 1 aromatic rings. The van der Waals surface area contributed by atoms with E-state index in [-0.39, 0.29) is 5.97 Å². The lowest BCUT2D eigenvalue weighted by molar-refractivity contribution is -0.160. The van der Waals surface area contributed by atoms with Gasteiger partial charge in [0.1, 0.15) is 5.75 Å². The summed E-state index contributed by atoms with van der Waals surface area (Å²) in [5.74, 6) is 0.442. The summed E-state index contributed by atoms with van der Waals surface area (Å²) in [4.78, 5) is 10.9. The van der Waals surface area contributed by atoms with Crippen molar-refractivity contribution in [3.05, 3.63) is 30.3 Å². The number of para-hydroxylation sites is 1. The van der Waals surface area contributed by atoms with Crippen molar-refractivity contribution in [3.8, 4) is 5.75 Å². The molecule has 0 fully saturated rings. The molecule has 3 nitrogen and oxygen atoms in total. The largest absolute Gasteiger partial charge is 0.455 e. The van der Waals surface area contributed by atoms with Crippen molar-refractivity contribution < 1.29 is 14.3 Å². The molecule has 0 aliphatic heterocycles. The molecule has 0 N–H and O–H groups in total. The lowest BCUT2D eigenvalue weighted by Gasteiger charge is -2.14. The van der Waals surface area contributed by atoms with E-state index in [0.29, 0.717) is 12.2 Å². The average molecular weight is 194 g/mol. The van der Waals surface area contributed by atoms with E-state index in [0.717, 1.165) is 0 Å². The summed E-state index contributed by atoms with van der Waals surface area (Å²) in [6.45, 7) is 3.44. The van der Waals surface area contributed by atoms with Gasteiger partial charge in [-0.15, -0.1) is 0 Å². The zero-order valence-corrected chi connectivity index (χ0v) is 8.40. The minimum absolute atomic E-state index is 0.256. The molecule has 1 rings (SSSR count). The van der Waals surface area contributed by atoms with Crippen LogP contribution in [0.4, 0.5) is 0 Å². The third kappa shape index (κ3) is 3.47. The maximum atomic E-state index is 10.9. The monoisotopic (exact) mass is 194 g/mol. The van der Waals surface area contributed by atoms with Gasteiger partial charge < -0.3 is 9.47 Å². The minimum atomic E-state index is -0.537. The van der Waals surface area contributed by atoms with E-state index in [1.165, 1.54) is 0 Å². The van der Waals surface area contributed by atoms with Crippen LogP contribution in [0.5, 0.6) is 5.75 Å². The SMILES string of the molecule is CCC(=O)OC(C)Oc1ccccc1. The molecule has 0 spiro atoms. The Morgan fingerprint density at radius 3 is 2.57 bits per heavy atom. The smallest absolute Gasteiger partial charge is 0.308 e. The molecule has 0 bridgehead atoms. The molecule has 0 aliphatic carbocycles. The van der Waals surface area contributed by atoms with Crippen molar-refractivity contribution in [2.75, 3.05) is 0 Å². The van der Waals surface area contributed by atoms with E-state index >= 15 is 0 Å². The number of carbonyl (C=O) groups excluding carboxylic acids is 1. The van der Waals surface area contributed by atoms with E-state index in [1.807, 2.05) is 30.3 Å². The third-order valence-corrected chi connectivity index (χ3v) is 1.63. The maximum Gasteiger partial charge on any atom is 0.308 e. The molecule has 0 saturated heterocycles. The van der Waals surface area contributed by atoms with E-state index in [4.69, 9.17) is 9.47 Å². The zero-order chi connectivity index (χ0) is 10.4. The molecule has 3 heteroatoms. The summed E-state index contributed by atoms with van der Waals surface area (Å²) in [7, 11) is 0. The fourth-order valence-electron chi connectivity index (χ4n) is 0.983. The van der Waals surface area contributed by atoms with Crippen molar-refractivity contribution >= 4 is 5.97 Å². The van der Waals surface area contributed by atoms with Gasteiger partial charge in [0.2, 0.25) is 6.29 Å². The van der Waals surface area contributed by atoms with E-state index in [2.05, 4.69) is 0 Å². The van der Waals surface area contributed by atoms with Crippen molar-refractivity contribution in [1.82, 2.24) is 0 Å². The molecule has 1 unspecified atom stereocenters. The highest BCUT2D eigenvalue weighted by molar-refractivity contribution is 5.68. The summed E-state index contributed by atoms with van der Waals surface area (Å²) < 4.78 is 10.3. The molecule has 0 radical (unpaired) electrons. The Labute approximate surface area is 83.6 Å². The van der Waals surface area contributed by atoms with E-state index in [1.54, 1.807) is 13.8 Å². The van der Waals surface area contributed by atoms with Gasteiger partial charge >= 0.3 is 5.97 Å². The first kappa shape index (κ1) is 10.6. The predicted molar refractivity (Wildman–Crippen MR) is 52.9 cm³/mol. The highest BCUT2D eigenvalue weighted by Gasteiger charge is 2.07. The van der Waals surface area contributed by atoms with Gasteiger partial charge in [-0.2, -0.15) is 0 Å². The Morgan fingerprint density at radius 2 is 2.00 bits per heavy atom. The van der Waals surface area contributed by atoms with Crippen molar-refractivity contribution in [2.45, 2.75) is 26.6 Å². The van der Waals surface area contributed by atoms with Gasteiger partial charge in [-0.25, -0.2) is 0 Å². The number of hydrogen-bond donors (Lipinski definition) is 0. The van der Waals surface area contributed by atoms with Gasteiger partial charge in [0.05, 0.1) is 0 Å². The van der Waals surface area contributed by atoms with Crippen LogP contribution in [0, 0.1) is 0 Å². The van der Waals surface area contributed by atoms with Gasteiger partial charge in [0.15, 0.2) is 0 Å². The molecule has 0 aromatic heterocycles. The summed E-state index contributed by atoms with van der Waals surface area (Å²) in [5, 5.41) is 0. The Balaban J connectivity index is 2.41. The second kappa shape index (κ2) is 5.27. The molecular formula is C11H14O3. The quantitative estimate of drug-likeness (QED) is 0.545. The van der Waals surface area contributed by atoms with Crippen LogP contribution in [-0.4, -0.2) is 12.3 Å². The molecule has 1 atom stereocenters. The summed E-state index contributed by atoms with van der Waals surface area (Å²) in [5.41, 5.74) is 0. The number of carbonyl (C=O) groups is 1. The Bertz CT molecular complexity index is 282. The number of rotatable bonds is 4. The zero-order valence-electron chi connectivity index (χ0n) is 8.40. The number of ether oxygens (including phenoxy) is 2. The average Bonchev–Trinajstić information content (AvgIpc) is 2.19. The fraction of sp³-hybridized carbons (Fsp3) is 0.364. The van der Waals surface area contributed by atoms with Gasteiger partial charge in [-0.3, -0.25) is 4.79 Å². The van der Waals surface area contributed by atoms with E-state index in [9.17, 15) is 4.79 Å². The van der Waals surface area contributed by atoms with Crippen LogP contribution in [0.1, 0.15) is 20.3 Å². The molecule has 0 heterocycles. The topological polar surface area (TPSA) is 35.5 Å². The molecule has 1 aromatic carbocycles. The second-order valence-electron chi connectivity index (χ2n) is 2.84. The molecule has 0 aliphatic rings. The van der Waals surface area contributed by atoms with Gasteiger partial charge in [-0.05, 0) is 12.1 Å². The summed E-state index contributed by atoms with van der Waals surface area (Å²) in [6.07, 6.45) is -0.174. The van der Waals surface area contributed by atoms with Crippen molar-refractivity contribution in [3.63, 3.8) is 0 Å². The normalized spacial score (nSPS) is 11.9. The van der Waals surface area contributed by atoms with Crippen molar-refractivity contribution in [1.29, 1.82) is 0 Å². The maximum absolute atomic E-state index is 10.9. The van der Waals surface area contributed by atoms with Crippen LogP contribution in [0.3, 0.4) is 0 Å². The number of esters is 1. The van der Waals surface area contributed by atoms with Gasteiger partial charge in [0.25, 0.3) is 0 Å². The predicted octanol–water partition coefficient (Wildman–Crippen LogP) is 2.36. The third-order valence-electron chi connectivity index (χ3n) is 1.63. The standard InChI is InChI=1S/C11H14O3/c1-3-11(12)14-9(2)13-10-7-5-4-6-8-10/h4-9H,3H2,1-2H3. The fourth-order valence-corrected chi connectivity index (χ4v) is 0.983. The lowest BCUT2D eigenvalue weighted by Crippen LogP contribution is -2.20. The first-order valence-corrected chi connectivity index (χ1v) is 4.63. The van der Waals surface area contributed by atoms with E-state index < -0.39 is 6.29 Å². The molecule has 0 saturated carbocycles. The highest BCUT2D eigenvalue weighted by Crippen LogP contribution is 2.11. The summed E-state index contributed by atoms with van der Waals surface area (Å²) in [6, 6.07) is 9.26. The highest BCUT2D eigenvalue weighted by atomic mass is 16.7. The van der Waals surface area contributed by atoms with Crippen LogP contribution in [-0.2, 0) is 9.53 Å². The Kier molecular flexibility index (Phi) is 3.98. The molecule has 76 valence electrons. The first-order valence-electron chi connectivity index (χ1n) is 4.63. The summed E-state index contributed by atoms with van der Waals surface area (Å²) >= 11 is 0. The molecule has 0 amide bonds. The van der Waals surface area contributed by atoms with Gasteiger partial charge in [-0.1, -0.05) is 25.1 Å². The minimum Gasteiger partial charge on any atom is -0.455 e. The van der Waals surface area contributed by atoms with Crippen LogP contribution >= 0.6 is 0 Å². The lowest BCUT2D eigenvalue weighted by atomic mass is 10.3. The van der Waals surface area contributed by atoms with Crippen LogP contribution < -0.4 is 4.74 Å². The van der Waals surface area contributed by atoms with Gasteiger partial charge in [0, 0.05) is 13.3 Å². The van der Waals surface area contributed by atoms with Crippen LogP contribution in [0.15, 0.2) is 30.3 Å². The molecule has 14 heavy (non-hydrogen) atoms. The second-order valence-corrected chi connectivity index (χ2v) is 2.84. The Hall–Kier alpha value is -1.51. The van der Waals surface area contributed by atoms with Crippen LogP contribution in [0.25, 0.3) is 0 Å². The first-order chi connectivity index (χ1) is 6.72. The Morgan fingerprint density at radius 1 is 1.36 bits per heavy atom. The van der Waals surface area contributed by atoms with Crippen molar-refractivity contribution in [2.24, 2.45) is 0 Å². The number of hydrogen-bond acceptors (Lipinski definition) is 3. The van der Waals surface area contributed by atoms with Crippen LogP contribution in [0.2, 0.25) is 0 Å².